The third kappa shape index (κ3) is 5.77. The van der Waals surface area contributed by atoms with Crippen molar-refractivity contribution >= 4 is 11.7 Å². The number of hydrogen-bond acceptors (Lipinski definition) is 4. The van der Waals surface area contributed by atoms with Gasteiger partial charge in [0.2, 0.25) is 0 Å². The van der Waals surface area contributed by atoms with Crippen molar-refractivity contribution in [3.8, 4) is 0 Å². The topological polar surface area (TPSA) is 83.7 Å². The second-order valence-electron chi connectivity index (χ2n) is 5.16. The quantitative estimate of drug-likeness (QED) is 0.699. The van der Waals surface area contributed by atoms with Crippen LogP contribution in [0.3, 0.4) is 0 Å². The lowest BCUT2D eigenvalue weighted by Gasteiger charge is -2.15. The molecule has 124 valence electrons. The molecule has 1 aromatic heterocycles. The number of ether oxygens (including phenoxy) is 1. The molecule has 0 fully saturated rings. The summed E-state index contributed by atoms with van der Waals surface area (Å²) in [5, 5.41) is 14.5. The number of anilines is 1. The van der Waals surface area contributed by atoms with Crippen molar-refractivity contribution in [1.29, 1.82) is 0 Å². The lowest BCUT2D eigenvalue weighted by Crippen LogP contribution is -2.39. The standard InChI is InChI=1S/C17H22N2O4/c1-2-14(10-20)18-17(21)19-15-6-3-5-13(9-15)11-22-12-16-7-4-8-23-16/h3-9,14,20H,2,10-12H2,1H3,(H2,18,19,21). The maximum absolute atomic E-state index is 11.8. The minimum absolute atomic E-state index is 0.0788. The highest BCUT2D eigenvalue weighted by atomic mass is 16.5. The summed E-state index contributed by atoms with van der Waals surface area (Å²) < 4.78 is 10.8. The molecule has 2 amide bonds. The van der Waals surface area contributed by atoms with Gasteiger partial charge >= 0.3 is 6.03 Å². The predicted molar refractivity (Wildman–Crippen MR) is 87.0 cm³/mol. The van der Waals surface area contributed by atoms with E-state index < -0.39 is 0 Å². The Kier molecular flexibility index (Phi) is 6.65. The summed E-state index contributed by atoms with van der Waals surface area (Å²) in [7, 11) is 0. The van der Waals surface area contributed by atoms with Crippen molar-refractivity contribution in [3.63, 3.8) is 0 Å². The number of hydrogen-bond donors (Lipinski definition) is 3. The maximum Gasteiger partial charge on any atom is 0.319 e. The van der Waals surface area contributed by atoms with Gasteiger partial charge in [0.05, 0.1) is 25.5 Å². The molecule has 6 nitrogen and oxygen atoms in total. The Morgan fingerprint density at radius 2 is 2.17 bits per heavy atom. The van der Waals surface area contributed by atoms with Crippen molar-refractivity contribution in [1.82, 2.24) is 5.32 Å². The van der Waals surface area contributed by atoms with E-state index >= 15 is 0 Å². The zero-order chi connectivity index (χ0) is 16.5. The number of aliphatic hydroxyl groups is 1. The molecule has 23 heavy (non-hydrogen) atoms. The van der Waals surface area contributed by atoms with Crippen molar-refractivity contribution in [2.75, 3.05) is 11.9 Å². The summed E-state index contributed by atoms with van der Waals surface area (Å²) in [6.07, 6.45) is 2.28. The fourth-order valence-electron chi connectivity index (χ4n) is 2.03. The van der Waals surface area contributed by atoms with Crippen LogP contribution in [0.5, 0.6) is 0 Å². The van der Waals surface area contributed by atoms with Crippen LogP contribution in [0.4, 0.5) is 10.5 Å². The Hall–Kier alpha value is -2.31. The third-order valence-corrected chi connectivity index (χ3v) is 3.33. The monoisotopic (exact) mass is 318 g/mol. The van der Waals surface area contributed by atoms with E-state index in [1.807, 2.05) is 37.3 Å². The number of furan rings is 1. The van der Waals surface area contributed by atoms with Crippen molar-refractivity contribution in [2.24, 2.45) is 0 Å². The molecule has 6 heteroatoms. The lowest BCUT2D eigenvalue weighted by atomic mass is 10.2. The van der Waals surface area contributed by atoms with Crippen LogP contribution in [0.25, 0.3) is 0 Å². The van der Waals surface area contributed by atoms with Crippen LogP contribution in [0.2, 0.25) is 0 Å². The van der Waals surface area contributed by atoms with Gasteiger partial charge in [0.15, 0.2) is 0 Å². The number of nitrogens with one attached hydrogen (secondary N) is 2. The number of rotatable bonds is 8. The second kappa shape index (κ2) is 8.97. The van der Waals surface area contributed by atoms with E-state index in [0.717, 1.165) is 11.3 Å². The van der Waals surface area contributed by atoms with Gasteiger partial charge in [-0.3, -0.25) is 0 Å². The molecule has 1 aromatic carbocycles. The van der Waals surface area contributed by atoms with Crippen LogP contribution < -0.4 is 10.6 Å². The number of carbonyl (C=O) groups excluding carboxylic acids is 1. The first-order chi connectivity index (χ1) is 11.2. The molecule has 1 heterocycles. The second-order valence-corrected chi connectivity index (χ2v) is 5.16. The van der Waals surface area contributed by atoms with Gasteiger partial charge in [-0.15, -0.1) is 0 Å². The summed E-state index contributed by atoms with van der Waals surface area (Å²) >= 11 is 0. The summed E-state index contributed by atoms with van der Waals surface area (Å²) in [5.74, 6) is 0.772. The molecular weight excluding hydrogens is 296 g/mol. The van der Waals surface area contributed by atoms with E-state index in [4.69, 9.17) is 14.3 Å². The maximum atomic E-state index is 11.8. The molecule has 0 saturated heterocycles. The molecule has 0 aliphatic heterocycles. The molecule has 0 spiro atoms. The number of urea groups is 1. The van der Waals surface area contributed by atoms with Crippen LogP contribution in [0, 0.1) is 0 Å². The number of carbonyl (C=O) groups is 1. The Morgan fingerprint density at radius 3 is 2.87 bits per heavy atom. The van der Waals surface area contributed by atoms with Crippen molar-refractivity contribution in [2.45, 2.75) is 32.6 Å². The molecule has 2 rings (SSSR count). The van der Waals surface area contributed by atoms with Gasteiger partial charge in [-0.1, -0.05) is 19.1 Å². The van der Waals surface area contributed by atoms with E-state index in [1.54, 1.807) is 12.3 Å². The largest absolute Gasteiger partial charge is 0.467 e. The normalized spacial score (nSPS) is 11.9. The average molecular weight is 318 g/mol. The average Bonchev–Trinajstić information content (AvgIpc) is 3.06. The Bertz CT molecular complexity index is 594. The summed E-state index contributed by atoms with van der Waals surface area (Å²) in [6, 6.07) is 10.5. The third-order valence-electron chi connectivity index (χ3n) is 3.33. The molecule has 0 aliphatic carbocycles. The predicted octanol–water partition coefficient (Wildman–Crippen LogP) is 2.89. The van der Waals surface area contributed by atoms with Gasteiger partial charge in [-0.25, -0.2) is 4.79 Å². The Balaban J connectivity index is 1.82. The highest BCUT2D eigenvalue weighted by Crippen LogP contribution is 2.13. The molecule has 0 aliphatic rings. The number of aliphatic hydroxyl groups excluding tert-OH is 1. The van der Waals surface area contributed by atoms with E-state index in [-0.39, 0.29) is 18.7 Å². The highest BCUT2D eigenvalue weighted by molar-refractivity contribution is 5.89. The van der Waals surface area contributed by atoms with Crippen LogP contribution in [-0.4, -0.2) is 23.8 Å². The fraction of sp³-hybridized carbons (Fsp3) is 0.353. The SMILES string of the molecule is CCC(CO)NC(=O)Nc1cccc(COCc2ccco2)c1. The molecule has 0 bridgehead atoms. The molecule has 1 atom stereocenters. The smallest absolute Gasteiger partial charge is 0.319 e. The van der Waals surface area contributed by atoms with Crippen LogP contribution in [0.15, 0.2) is 47.1 Å². The lowest BCUT2D eigenvalue weighted by molar-refractivity contribution is 0.0930. The van der Waals surface area contributed by atoms with Gasteiger partial charge < -0.3 is 24.9 Å². The Labute approximate surface area is 135 Å². The summed E-state index contributed by atoms with van der Waals surface area (Å²) in [5.41, 5.74) is 1.62. The van der Waals surface area contributed by atoms with Gasteiger partial charge in [0, 0.05) is 5.69 Å². The van der Waals surface area contributed by atoms with E-state index in [1.165, 1.54) is 0 Å². The fourth-order valence-corrected chi connectivity index (χ4v) is 2.03. The van der Waals surface area contributed by atoms with Crippen LogP contribution in [-0.2, 0) is 18.0 Å². The first-order valence-corrected chi connectivity index (χ1v) is 7.58. The van der Waals surface area contributed by atoms with Gasteiger partial charge in [0.25, 0.3) is 0 Å². The van der Waals surface area contributed by atoms with E-state index in [0.29, 0.717) is 25.3 Å². The summed E-state index contributed by atoms with van der Waals surface area (Å²) in [6.45, 7) is 2.65. The van der Waals surface area contributed by atoms with E-state index in [9.17, 15) is 4.79 Å². The van der Waals surface area contributed by atoms with Crippen LogP contribution in [0.1, 0.15) is 24.7 Å². The molecular formula is C17H22N2O4. The first kappa shape index (κ1) is 17.1. The van der Waals surface area contributed by atoms with Crippen molar-refractivity contribution < 1.29 is 19.1 Å². The summed E-state index contributed by atoms with van der Waals surface area (Å²) in [4.78, 5) is 11.8. The van der Waals surface area contributed by atoms with Gasteiger partial charge in [-0.05, 0) is 36.2 Å². The molecule has 1 unspecified atom stereocenters. The molecule has 0 saturated carbocycles. The first-order valence-electron chi connectivity index (χ1n) is 7.58. The number of benzene rings is 1. The van der Waals surface area contributed by atoms with E-state index in [2.05, 4.69) is 10.6 Å². The Morgan fingerprint density at radius 1 is 1.30 bits per heavy atom. The zero-order valence-corrected chi connectivity index (χ0v) is 13.1. The van der Waals surface area contributed by atoms with Gasteiger partial charge in [-0.2, -0.15) is 0 Å². The molecule has 3 N–H and O–H groups in total. The minimum atomic E-state index is -0.334. The molecule has 2 aromatic rings. The van der Waals surface area contributed by atoms with Crippen LogP contribution >= 0.6 is 0 Å². The minimum Gasteiger partial charge on any atom is -0.467 e. The highest BCUT2D eigenvalue weighted by Gasteiger charge is 2.09. The molecule has 0 radical (unpaired) electrons. The van der Waals surface area contributed by atoms with Gasteiger partial charge in [0.1, 0.15) is 12.4 Å². The zero-order valence-electron chi connectivity index (χ0n) is 13.1. The van der Waals surface area contributed by atoms with Crippen molar-refractivity contribution in [3.05, 3.63) is 54.0 Å². The number of amides is 2.